The summed E-state index contributed by atoms with van der Waals surface area (Å²) in [5, 5.41) is 7.07. The lowest BCUT2D eigenvalue weighted by molar-refractivity contribution is -0.158. The van der Waals surface area contributed by atoms with Crippen LogP contribution in [-0.4, -0.2) is 77.2 Å². The third-order valence-electron chi connectivity index (χ3n) is 7.49. The minimum absolute atomic E-state index is 0.0238. The highest BCUT2D eigenvalue weighted by atomic mass is 19.4. The maximum atomic E-state index is 13.8. The van der Waals surface area contributed by atoms with E-state index in [2.05, 4.69) is 10.4 Å². The number of amides is 1. The average Bonchev–Trinajstić information content (AvgIpc) is 3.30. The van der Waals surface area contributed by atoms with Crippen LogP contribution in [0.2, 0.25) is 0 Å². The molecule has 1 heterocycles. The van der Waals surface area contributed by atoms with Gasteiger partial charge in [-0.05, 0) is 70.8 Å². The fraction of sp³-hybridized carbons (Fsp3) is 0.552. The average molecular weight is 608 g/mol. The highest BCUT2D eigenvalue weighted by molar-refractivity contribution is 6.00. The highest BCUT2D eigenvalue weighted by Gasteiger charge is 2.42. The lowest BCUT2D eigenvalue weighted by Crippen LogP contribution is -2.35. The number of esters is 2. The van der Waals surface area contributed by atoms with Gasteiger partial charge in [-0.15, -0.1) is 0 Å². The second-order valence-electron chi connectivity index (χ2n) is 11.3. The maximum Gasteiger partial charge on any atom is 0.435 e. The molecule has 4 rings (SSSR count). The van der Waals surface area contributed by atoms with Crippen molar-refractivity contribution in [2.45, 2.75) is 82.7 Å². The van der Waals surface area contributed by atoms with Crippen LogP contribution in [0.25, 0.3) is 5.69 Å². The van der Waals surface area contributed by atoms with Crippen LogP contribution in [0.15, 0.2) is 18.2 Å². The van der Waals surface area contributed by atoms with E-state index in [4.69, 9.17) is 15.2 Å². The largest absolute Gasteiger partial charge is 0.462 e. The van der Waals surface area contributed by atoms with E-state index in [1.165, 1.54) is 25.1 Å². The van der Waals surface area contributed by atoms with E-state index < -0.39 is 47.2 Å². The van der Waals surface area contributed by atoms with Crippen LogP contribution >= 0.6 is 0 Å². The van der Waals surface area contributed by atoms with Crippen LogP contribution in [0.4, 0.5) is 18.9 Å². The Balaban J connectivity index is 1.46. The number of rotatable bonds is 10. The third-order valence-corrected chi connectivity index (χ3v) is 7.49. The number of benzene rings is 1. The Morgan fingerprint density at radius 2 is 1.86 bits per heavy atom. The molecule has 1 saturated carbocycles. The number of anilines is 1. The zero-order valence-corrected chi connectivity index (χ0v) is 24.3. The molecule has 2 aromatic rings. The third kappa shape index (κ3) is 7.92. The minimum Gasteiger partial charge on any atom is -0.462 e. The van der Waals surface area contributed by atoms with Gasteiger partial charge in [0.25, 0.3) is 5.91 Å². The molecule has 0 spiro atoms. The van der Waals surface area contributed by atoms with Crippen molar-refractivity contribution in [2.24, 2.45) is 5.73 Å². The van der Waals surface area contributed by atoms with Gasteiger partial charge in [-0.1, -0.05) is 0 Å². The van der Waals surface area contributed by atoms with Crippen LogP contribution < -0.4 is 11.1 Å². The van der Waals surface area contributed by atoms with E-state index in [0.29, 0.717) is 44.3 Å². The van der Waals surface area contributed by atoms with Gasteiger partial charge in [0.05, 0.1) is 28.9 Å². The molecule has 43 heavy (non-hydrogen) atoms. The fourth-order valence-corrected chi connectivity index (χ4v) is 5.68. The van der Waals surface area contributed by atoms with Crippen LogP contribution in [0.5, 0.6) is 0 Å². The van der Waals surface area contributed by atoms with Gasteiger partial charge in [0.1, 0.15) is 12.2 Å². The standard InChI is InChI=1S/C29H36F3N5O6/c1-16(38)42-20(15-36(2)3)14-25(40)43-19-10-7-17(8-11-19)34-22-13-18(9-12-21(22)28(33)41)37-23-5-4-6-24(39)26(23)27(35-37)29(30,31)32/h9,12-13,17,19-20,34H,4-8,10-11,14-15H2,1-3H3,(H2,33,41)/t17-,19-,20?. The number of ether oxygens (including phenoxy) is 2. The molecule has 0 saturated heterocycles. The van der Waals surface area contributed by atoms with Crippen molar-refractivity contribution in [3.8, 4) is 5.69 Å². The van der Waals surface area contributed by atoms with Crippen LogP contribution in [0, 0.1) is 0 Å². The Kier molecular flexibility index (Phi) is 9.78. The number of hydrogen-bond acceptors (Lipinski definition) is 9. The van der Waals surface area contributed by atoms with Gasteiger partial charge >= 0.3 is 18.1 Å². The van der Waals surface area contributed by atoms with Crippen LogP contribution in [0.1, 0.15) is 84.0 Å². The van der Waals surface area contributed by atoms with Gasteiger partial charge in [0.2, 0.25) is 0 Å². The Morgan fingerprint density at radius 1 is 1.16 bits per heavy atom. The van der Waals surface area contributed by atoms with Gasteiger partial charge in [-0.2, -0.15) is 18.3 Å². The van der Waals surface area contributed by atoms with E-state index in [-0.39, 0.29) is 48.4 Å². The molecule has 0 bridgehead atoms. The van der Waals surface area contributed by atoms with Crippen molar-refractivity contribution in [2.75, 3.05) is 26.0 Å². The topological polar surface area (TPSA) is 146 Å². The number of likely N-dealkylation sites (N-methyl/N-ethyl adjacent to an activating group) is 1. The molecule has 2 aliphatic carbocycles. The Labute approximate surface area is 246 Å². The van der Waals surface area contributed by atoms with Crippen molar-refractivity contribution >= 4 is 29.3 Å². The molecule has 0 aliphatic heterocycles. The minimum atomic E-state index is -4.80. The number of fused-ring (bicyclic) bond motifs is 1. The molecule has 3 N–H and O–H groups in total. The molecule has 1 atom stereocenters. The van der Waals surface area contributed by atoms with Crippen molar-refractivity contribution < 1.29 is 41.8 Å². The summed E-state index contributed by atoms with van der Waals surface area (Å²) in [6.07, 6.45) is -2.91. The van der Waals surface area contributed by atoms with Gasteiger partial charge in [-0.25, -0.2) is 4.68 Å². The van der Waals surface area contributed by atoms with E-state index in [9.17, 15) is 32.3 Å². The lowest BCUT2D eigenvalue weighted by atomic mass is 9.92. The molecule has 1 aromatic heterocycles. The van der Waals surface area contributed by atoms with E-state index in [1.54, 1.807) is 14.1 Å². The molecule has 1 aromatic carbocycles. The number of carbonyl (C=O) groups is 4. The smallest absolute Gasteiger partial charge is 0.435 e. The first-order valence-electron chi connectivity index (χ1n) is 14.2. The Bertz CT molecular complexity index is 1380. The Morgan fingerprint density at radius 3 is 2.47 bits per heavy atom. The molecule has 1 unspecified atom stereocenters. The molecule has 234 valence electrons. The first-order valence-corrected chi connectivity index (χ1v) is 14.2. The summed E-state index contributed by atoms with van der Waals surface area (Å²) in [4.78, 5) is 50.3. The SMILES string of the molecule is CC(=O)OC(CC(=O)O[C@H]1CC[C@H](Nc2cc(-n3nc(C(F)(F)F)c4c3CCCC4=O)ccc2C(N)=O)CC1)CN(C)C. The maximum absolute atomic E-state index is 13.8. The summed E-state index contributed by atoms with van der Waals surface area (Å²) < 4.78 is 53.2. The summed E-state index contributed by atoms with van der Waals surface area (Å²) >= 11 is 0. The predicted molar refractivity (Wildman–Crippen MR) is 149 cm³/mol. The number of ketones is 1. The summed E-state index contributed by atoms with van der Waals surface area (Å²) in [5.74, 6) is -2.26. The van der Waals surface area contributed by atoms with Gasteiger partial charge < -0.3 is 25.4 Å². The van der Waals surface area contributed by atoms with E-state index in [0.717, 1.165) is 4.68 Å². The number of nitrogens with two attached hydrogens (primary N) is 1. The molecule has 2 aliphatic rings. The number of halogens is 3. The second-order valence-corrected chi connectivity index (χ2v) is 11.3. The van der Waals surface area contributed by atoms with Crippen LogP contribution in [0.3, 0.4) is 0 Å². The number of primary amides is 1. The quantitative estimate of drug-likeness (QED) is 0.387. The number of hydrogen-bond donors (Lipinski definition) is 2. The number of carbonyl (C=O) groups excluding carboxylic acids is 4. The number of alkyl halides is 3. The molecular formula is C29H36F3N5O6. The van der Waals surface area contributed by atoms with E-state index in [1.807, 2.05) is 4.90 Å². The van der Waals surface area contributed by atoms with Gasteiger partial charge in [0, 0.05) is 31.6 Å². The zero-order valence-electron chi connectivity index (χ0n) is 24.3. The zero-order chi connectivity index (χ0) is 31.5. The Hall–Kier alpha value is -3.94. The fourth-order valence-electron chi connectivity index (χ4n) is 5.68. The number of nitrogens with zero attached hydrogens (tertiary/aromatic N) is 3. The molecule has 1 fully saturated rings. The van der Waals surface area contributed by atoms with Crippen molar-refractivity contribution in [1.29, 1.82) is 0 Å². The number of Topliss-reactive ketones (excluding diaryl/α,β-unsaturated/α-hetero) is 1. The number of nitrogens with one attached hydrogen (secondary N) is 1. The van der Waals surface area contributed by atoms with Gasteiger partial charge in [0.15, 0.2) is 11.5 Å². The molecule has 14 heteroatoms. The first-order chi connectivity index (χ1) is 20.2. The summed E-state index contributed by atoms with van der Waals surface area (Å²) in [5.41, 5.74) is 4.91. The normalized spacial score (nSPS) is 19.5. The van der Waals surface area contributed by atoms with Crippen molar-refractivity contribution in [1.82, 2.24) is 14.7 Å². The van der Waals surface area contributed by atoms with Crippen molar-refractivity contribution in [3.05, 3.63) is 40.7 Å². The molecule has 1 amide bonds. The van der Waals surface area contributed by atoms with E-state index >= 15 is 0 Å². The molecule has 11 nitrogen and oxygen atoms in total. The first kappa shape index (κ1) is 32.0. The lowest BCUT2D eigenvalue weighted by Gasteiger charge is -2.30. The second kappa shape index (κ2) is 13.1. The van der Waals surface area contributed by atoms with Crippen LogP contribution in [-0.2, 0) is 31.7 Å². The summed E-state index contributed by atoms with van der Waals surface area (Å²) in [6, 6.07) is 4.25. The van der Waals surface area contributed by atoms with Crippen molar-refractivity contribution in [3.63, 3.8) is 0 Å². The van der Waals surface area contributed by atoms with Gasteiger partial charge in [-0.3, -0.25) is 19.2 Å². The monoisotopic (exact) mass is 607 g/mol. The molecular weight excluding hydrogens is 571 g/mol. The summed E-state index contributed by atoms with van der Waals surface area (Å²) in [7, 11) is 3.61. The highest BCUT2D eigenvalue weighted by Crippen LogP contribution is 2.37. The summed E-state index contributed by atoms with van der Waals surface area (Å²) in [6.45, 7) is 1.66. The number of aromatic nitrogens is 2. The predicted octanol–water partition coefficient (Wildman–Crippen LogP) is 3.66. The molecule has 0 radical (unpaired) electrons.